The largest absolute Gasteiger partial charge is 0.367 e. The van der Waals surface area contributed by atoms with Gasteiger partial charge in [-0.25, -0.2) is 14.7 Å². The van der Waals surface area contributed by atoms with E-state index >= 15 is 0 Å². The number of piperazine rings is 1. The standard InChI is InChI=1S/C21H24ClN7O2/c1-14-18-19(28-9-7-26(2)8-10-28)17(12-23-20(18)27(3)25-14)29(13-30)21(31)24-16-6-4-5-15(22)11-16/h4-6,11-13H,7-10H2,1-3H3,(H,24,31). The topological polar surface area (TPSA) is 86.6 Å². The molecule has 2 aromatic heterocycles. The summed E-state index contributed by atoms with van der Waals surface area (Å²) in [6.45, 7) is 5.18. The Kier molecular flexibility index (Phi) is 5.79. The Hall–Kier alpha value is -3.17. The van der Waals surface area contributed by atoms with Crippen molar-refractivity contribution in [3.05, 3.63) is 41.2 Å². The van der Waals surface area contributed by atoms with Crippen molar-refractivity contribution in [2.75, 3.05) is 48.3 Å². The van der Waals surface area contributed by atoms with Gasteiger partial charge in [-0.1, -0.05) is 17.7 Å². The molecule has 3 amide bonds. The number of aromatic nitrogens is 3. The molecule has 4 rings (SSSR count). The van der Waals surface area contributed by atoms with Crippen LogP contribution in [0.1, 0.15) is 5.69 Å². The van der Waals surface area contributed by atoms with Gasteiger partial charge in [0, 0.05) is 43.9 Å². The minimum absolute atomic E-state index is 0.419. The maximum Gasteiger partial charge on any atom is 0.333 e. The summed E-state index contributed by atoms with van der Waals surface area (Å²) in [4.78, 5) is 35.1. The quantitative estimate of drug-likeness (QED) is 0.626. The first kappa shape index (κ1) is 21.1. The molecule has 3 heterocycles. The number of anilines is 3. The van der Waals surface area contributed by atoms with Crippen LogP contribution >= 0.6 is 11.6 Å². The Morgan fingerprint density at radius 2 is 1.97 bits per heavy atom. The number of carbonyl (C=O) groups excluding carboxylic acids is 2. The van der Waals surface area contributed by atoms with Gasteiger partial charge < -0.3 is 15.1 Å². The molecule has 0 radical (unpaired) electrons. The Morgan fingerprint density at radius 1 is 1.23 bits per heavy atom. The highest BCUT2D eigenvalue weighted by Gasteiger charge is 2.28. The van der Waals surface area contributed by atoms with Gasteiger partial charge in [-0.3, -0.25) is 9.48 Å². The van der Waals surface area contributed by atoms with E-state index < -0.39 is 6.03 Å². The molecule has 0 unspecified atom stereocenters. The summed E-state index contributed by atoms with van der Waals surface area (Å²) in [7, 11) is 3.91. The molecule has 0 bridgehead atoms. The number of imide groups is 1. The summed E-state index contributed by atoms with van der Waals surface area (Å²) in [5.74, 6) is 0. The summed E-state index contributed by atoms with van der Waals surface area (Å²) in [5.41, 5.74) is 3.20. The second-order valence-corrected chi connectivity index (χ2v) is 8.04. The smallest absolute Gasteiger partial charge is 0.333 e. The van der Waals surface area contributed by atoms with E-state index in [1.165, 1.54) is 0 Å². The maximum atomic E-state index is 13.0. The van der Waals surface area contributed by atoms with Crippen molar-refractivity contribution in [3.8, 4) is 0 Å². The molecule has 31 heavy (non-hydrogen) atoms. The van der Waals surface area contributed by atoms with Crippen LogP contribution in [0.25, 0.3) is 11.0 Å². The second kappa shape index (κ2) is 8.52. The van der Waals surface area contributed by atoms with Crippen LogP contribution in [-0.2, 0) is 11.8 Å². The van der Waals surface area contributed by atoms with E-state index in [9.17, 15) is 9.59 Å². The third-order valence-electron chi connectivity index (χ3n) is 5.46. The van der Waals surface area contributed by atoms with Crippen LogP contribution in [0.4, 0.5) is 21.9 Å². The van der Waals surface area contributed by atoms with Crippen LogP contribution < -0.4 is 15.1 Å². The molecular formula is C21H24ClN7O2. The molecule has 0 atom stereocenters. The van der Waals surface area contributed by atoms with E-state index in [1.54, 1.807) is 35.1 Å². The van der Waals surface area contributed by atoms with Gasteiger partial charge in [-0.15, -0.1) is 0 Å². The average Bonchev–Trinajstić information content (AvgIpc) is 3.03. The van der Waals surface area contributed by atoms with Crippen molar-refractivity contribution in [3.63, 3.8) is 0 Å². The van der Waals surface area contributed by atoms with Gasteiger partial charge in [0.15, 0.2) is 5.65 Å². The number of hydrogen-bond donors (Lipinski definition) is 1. The number of carbonyl (C=O) groups is 2. The third-order valence-corrected chi connectivity index (χ3v) is 5.69. The molecule has 3 aromatic rings. The van der Waals surface area contributed by atoms with Crippen LogP contribution in [0.2, 0.25) is 5.02 Å². The minimum atomic E-state index is -0.588. The Bertz CT molecular complexity index is 1140. The van der Waals surface area contributed by atoms with Crippen molar-refractivity contribution in [2.45, 2.75) is 6.92 Å². The number of fused-ring (bicyclic) bond motifs is 1. The number of pyridine rings is 1. The molecule has 1 saturated heterocycles. The van der Waals surface area contributed by atoms with E-state index in [0.29, 0.717) is 28.5 Å². The summed E-state index contributed by atoms with van der Waals surface area (Å²) < 4.78 is 1.71. The van der Waals surface area contributed by atoms with E-state index in [4.69, 9.17) is 11.6 Å². The summed E-state index contributed by atoms with van der Waals surface area (Å²) >= 11 is 6.02. The molecule has 1 aliphatic rings. The molecule has 1 fully saturated rings. The molecule has 1 aromatic carbocycles. The van der Waals surface area contributed by atoms with Gasteiger partial charge in [0.25, 0.3) is 0 Å². The lowest BCUT2D eigenvalue weighted by Crippen LogP contribution is -2.45. The number of amides is 3. The van der Waals surface area contributed by atoms with Gasteiger partial charge in [-0.2, -0.15) is 5.10 Å². The fourth-order valence-electron chi connectivity index (χ4n) is 3.87. The van der Waals surface area contributed by atoms with E-state index in [1.807, 2.05) is 14.0 Å². The Balaban J connectivity index is 1.79. The fourth-order valence-corrected chi connectivity index (χ4v) is 4.06. The van der Waals surface area contributed by atoms with E-state index in [-0.39, 0.29) is 0 Å². The van der Waals surface area contributed by atoms with Gasteiger partial charge in [0.2, 0.25) is 6.41 Å². The zero-order valence-electron chi connectivity index (χ0n) is 17.7. The van der Waals surface area contributed by atoms with Gasteiger partial charge >= 0.3 is 6.03 Å². The monoisotopic (exact) mass is 441 g/mol. The highest BCUT2D eigenvalue weighted by Crippen LogP contribution is 2.37. The molecule has 162 valence electrons. The summed E-state index contributed by atoms with van der Waals surface area (Å²) in [5, 5.41) is 8.57. The number of likely N-dealkylation sites (N-methyl/N-ethyl adjacent to an activating group) is 1. The zero-order chi connectivity index (χ0) is 22.1. The Morgan fingerprint density at radius 3 is 2.65 bits per heavy atom. The van der Waals surface area contributed by atoms with Crippen molar-refractivity contribution in [1.29, 1.82) is 0 Å². The van der Waals surface area contributed by atoms with Gasteiger partial charge in [-0.05, 0) is 32.2 Å². The predicted octanol–water partition coefficient (Wildman–Crippen LogP) is 2.88. The van der Waals surface area contributed by atoms with Crippen LogP contribution in [0.5, 0.6) is 0 Å². The van der Waals surface area contributed by atoms with Crippen molar-refractivity contribution in [1.82, 2.24) is 19.7 Å². The SMILES string of the molecule is Cc1nn(C)c2ncc(N(C=O)C(=O)Nc3cccc(Cl)c3)c(N3CCN(C)CC3)c12. The molecule has 9 nitrogen and oxygen atoms in total. The molecule has 1 aliphatic heterocycles. The first-order chi connectivity index (χ1) is 14.9. The van der Waals surface area contributed by atoms with Crippen LogP contribution in [0.3, 0.4) is 0 Å². The number of aryl methyl sites for hydroxylation is 2. The van der Waals surface area contributed by atoms with Gasteiger partial charge in [0.1, 0.15) is 0 Å². The number of hydrogen-bond acceptors (Lipinski definition) is 6. The maximum absolute atomic E-state index is 13.0. The first-order valence-corrected chi connectivity index (χ1v) is 10.3. The van der Waals surface area contributed by atoms with Crippen molar-refractivity contribution >= 4 is 52.1 Å². The normalized spacial score (nSPS) is 14.6. The highest BCUT2D eigenvalue weighted by molar-refractivity contribution is 6.31. The van der Waals surface area contributed by atoms with Crippen LogP contribution in [0.15, 0.2) is 30.5 Å². The van der Waals surface area contributed by atoms with Crippen molar-refractivity contribution in [2.24, 2.45) is 7.05 Å². The fraction of sp³-hybridized carbons (Fsp3) is 0.333. The average molecular weight is 442 g/mol. The van der Waals surface area contributed by atoms with Crippen molar-refractivity contribution < 1.29 is 9.59 Å². The Labute approximate surface area is 185 Å². The second-order valence-electron chi connectivity index (χ2n) is 7.61. The minimum Gasteiger partial charge on any atom is -0.367 e. The van der Waals surface area contributed by atoms with Crippen LogP contribution in [0, 0.1) is 6.92 Å². The number of rotatable bonds is 4. The lowest BCUT2D eigenvalue weighted by Gasteiger charge is -2.36. The number of benzene rings is 1. The molecular weight excluding hydrogens is 418 g/mol. The zero-order valence-corrected chi connectivity index (χ0v) is 18.4. The molecule has 0 saturated carbocycles. The number of halogens is 1. The summed E-state index contributed by atoms with van der Waals surface area (Å²) in [6.07, 6.45) is 2.07. The number of nitrogens with one attached hydrogen (secondary N) is 1. The van der Waals surface area contributed by atoms with E-state index in [0.717, 1.165) is 47.8 Å². The predicted molar refractivity (Wildman–Crippen MR) is 122 cm³/mol. The molecule has 0 aliphatic carbocycles. The first-order valence-electron chi connectivity index (χ1n) is 9.96. The lowest BCUT2D eigenvalue weighted by molar-refractivity contribution is -0.106. The number of nitrogens with zero attached hydrogens (tertiary/aromatic N) is 6. The van der Waals surface area contributed by atoms with Crippen LogP contribution in [-0.4, -0.2) is 65.3 Å². The molecule has 1 N–H and O–H groups in total. The lowest BCUT2D eigenvalue weighted by atomic mass is 10.1. The highest BCUT2D eigenvalue weighted by atomic mass is 35.5. The third kappa shape index (κ3) is 4.06. The number of urea groups is 1. The molecule has 0 spiro atoms. The van der Waals surface area contributed by atoms with E-state index in [2.05, 4.69) is 32.2 Å². The summed E-state index contributed by atoms with van der Waals surface area (Å²) in [6, 6.07) is 6.18. The molecule has 10 heteroatoms. The van der Waals surface area contributed by atoms with Gasteiger partial charge in [0.05, 0.1) is 28.7 Å².